The Labute approximate surface area is 106 Å². The second-order valence-corrected chi connectivity index (χ2v) is 5.85. The molecule has 0 bridgehead atoms. The van der Waals surface area contributed by atoms with Crippen molar-refractivity contribution in [2.75, 3.05) is 6.54 Å². The maximum absolute atomic E-state index is 2.59. The highest BCUT2D eigenvalue weighted by atomic mass is 127. The van der Waals surface area contributed by atoms with Crippen LogP contribution in [0.3, 0.4) is 0 Å². The van der Waals surface area contributed by atoms with Crippen LogP contribution >= 0.6 is 22.6 Å². The highest BCUT2D eigenvalue weighted by molar-refractivity contribution is 14.1. The number of halogens is 1. The van der Waals surface area contributed by atoms with Gasteiger partial charge >= 0.3 is 0 Å². The van der Waals surface area contributed by atoms with Crippen molar-refractivity contribution in [1.82, 2.24) is 4.90 Å². The fourth-order valence-corrected chi connectivity index (χ4v) is 2.58. The Kier molecular flexibility index (Phi) is 3.67. The third-order valence-corrected chi connectivity index (χ3v) is 4.29. The molecule has 1 aromatic rings. The van der Waals surface area contributed by atoms with Crippen LogP contribution in [0.5, 0.6) is 0 Å². The molecule has 0 aliphatic carbocycles. The molecule has 1 aliphatic heterocycles. The maximum Gasteiger partial charge on any atom is 0.0236 e. The van der Waals surface area contributed by atoms with Crippen LogP contribution in [0.4, 0.5) is 0 Å². The highest BCUT2D eigenvalue weighted by Crippen LogP contribution is 2.25. The van der Waals surface area contributed by atoms with Gasteiger partial charge in [-0.15, -0.1) is 0 Å². The van der Waals surface area contributed by atoms with Gasteiger partial charge in [-0.25, -0.2) is 0 Å². The second-order valence-electron chi connectivity index (χ2n) is 4.60. The third kappa shape index (κ3) is 2.72. The summed E-state index contributed by atoms with van der Waals surface area (Å²) in [6.45, 7) is 7.08. The van der Waals surface area contributed by atoms with Crippen LogP contribution in [0, 0.1) is 9.49 Å². The molecular formula is C13H18IN. The van der Waals surface area contributed by atoms with Crippen molar-refractivity contribution in [2.45, 2.75) is 32.9 Å². The van der Waals surface area contributed by atoms with Crippen molar-refractivity contribution in [3.8, 4) is 0 Å². The van der Waals surface area contributed by atoms with Crippen LogP contribution in [0.1, 0.15) is 25.8 Å². The number of rotatable bonds is 2. The van der Waals surface area contributed by atoms with Gasteiger partial charge in [0.15, 0.2) is 0 Å². The third-order valence-electron chi connectivity index (χ3n) is 3.57. The van der Waals surface area contributed by atoms with Crippen LogP contribution in [-0.4, -0.2) is 17.5 Å². The molecule has 0 amide bonds. The summed E-state index contributed by atoms with van der Waals surface area (Å²) in [4.78, 5) is 2.59. The molecule has 2 rings (SSSR count). The summed E-state index contributed by atoms with van der Waals surface area (Å²) >= 11 is 2.35. The molecule has 1 aliphatic rings. The van der Waals surface area contributed by atoms with Gasteiger partial charge in [0.1, 0.15) is 0 Å². The predicted octanol–water partition coefficient (Wildman–Crippen LogP) is 3.52. The molecule has 2 atom stereocenters. The quantitative estimate of drug-likeness (QED) is 0.755. The summed E-state index contributed by atoms with van der Waals surface area (Å²) < 4.78 is 1.32. The molecule has 1 nitrogen and oxygen atoms in total. The standard InChI is InChI=1S/C13H18IN/c1-10-7-8-15(11(10)2)9-12-3-5-13(14)6-4-12/h3-6,10-11H,7-9H2,1-2H3. The van der Waals surface area contributed by atoms with E-state index in [2.05, 4.69) is 65.6 Å². The Morgan fingerprint density at radius 3 is 2.47 bits per heavy atom. The number of likely N-dealkylation sites (tertiary alicyclic amines) is 1. The first kappa shape index (κ1) is 11.4. The lowest BCUT2D eigenvalue weighted by Gasteiger charge is -2.23. The molecule has 1 saturated heterocycles. The van der Waals surface area contributed by atoms with E-state index < -0.39 is 0 Å². The Bertz CT molecular complexity index is 320. The van der Waals surface area contributed by atoms with E-state index in [1.165, 1.54) is 22.1 Å². The fourth-order valence-electron chi connectivity index (χ4n) is 2.22. The van der Waals surface area contributed by atoms with E-state index in [1.807, 2.05) is 0 Å². The zero-order valence-corrected chi connectivity index (χ0v) is 11.6. The largest absolute Gasteiger partial charge is 0.296 e. The lowest BCUT2D eigenvalue weighted by atomic mass is 10.1. The van der Waals surface area contributed by atoms with Gasteiger partial charge in [0, 0.05) is 16.2 Å². The van der Waals surface area contributed by atoms with E-state index in [-0.39, 0.29) is 0 Å². The number of nitrogens with zero attached hydrogens (tertiary/aromatic N) is 1. The van der Waals surface area contributed by atoms with Gasteiger partial charge in [-0.05, 0) is 66.1 Å². The van der Waals surface area contributed by atoms with Gasteiger partial charge in [0.05, 0.1) is 0 Å². The number of benzene rings is 1. The van der Waals surface area contributed by atoms with E-state index in [4.69, 9.17) is 0 Å². The van der Waals surface area contributed by atoms with Crippen LogP contribution in [0.2, 0.25) is 0 Å². The van der Waals surface area contributed by atoms with E-state index in [0.717, 1.165) is 18.5 Å². The maximum atomic E-state index is 2.59. The molecule has 0 N–H and O–H groups in total. The van der Waals surface area contributed by atoms with Gasteiger partial charge in [-0.1, -0.05) is 19.1 Å². The molecule has 0 saturated carbocycles. The Morgan fingerprint density at radius 2 is 1.93 bits per heavy atom. The summed E-state index contributed by atoms with van der Waals surface area (Å²) in [5, 5.41) is 0. The zero-order chi connectivity index (χ0) is 10.8. The molecular weight excluding hydrogens is 297 g/mol. The van der Waals surface area contributed by atoms with Crippen molar-refractivity contribution < 1.29 is 0 Å². The van der Waals surface area contributed by atoms with Crippen molar-refractivity contribution >= 4 is 22.6 Å². The van der Waals surface area contributed by atoms with Crippen LogP contribution in [0.25, 0.3) is 0 Å². The van der Waals surface area contributed by atoms with Gasteiger partial charge in [0.2, 0.25) is 0 Å². The van der Waals surface area contributed by atoms with Gasteiger partial charge < -0.3 is 0 Å². The first-order chi connectivity index (χ1) is 7.16. The summed E-state index contributed by atoms with van der Waals surface area (Å²) in [5.41, 5.74) is 1.44. The first-order valence-electron chi connectivity index (χ1n) is 5.65. The lowest BCUT2D eigenvalue weighted by molar-refractivity contribution is 0.239. The Hall–Kier alpha value is -0.0900. The Balaban J connectivity index is 2.00. The summed E-state index contributed by atoms with van der Waals surface area (Å²) in [6, 6.07) is 9.62. The SMILES string of the molecule is CC1CCN(Cc2ccc(I)cc2)C1C. The van der Waals surface area contributed by atoms with Gasteiger partial charge in [0.25, 0.3) is 0 Å². The Morgan fingerprint density at radius 1 is 1.27 bits per heavy atom. The van der Waals surface area contributed by atoms with E-state index in [0.29, 0.717) is 0 Å². The highest BCUT2D eigenvalue weighted by Gasteiger charge is 2.26. The van der Waals surface area contributed by atoms with Crippen molar-refractivity contribution in [1.29, 1.82) is 0 Å². The second kappa shape index (κ2) is 4.83. The topological polar surface area (TPSA) is 3.24 Å². The van der Waals surface area contributed by atoms with Crippen LogP contribution in [-0.2, 0) is 6.54 Å². The molecule has 1 fully saturated rings. The average molecular weight is 315 g/mol. The van der Waals surface area contributed by atoms with Crippen molar-refractivity contribution in [3.63, 3.8) is 0 Å². The minimum atomic E-state index is 0.740. The fraction of sp³-hybridized carbons (Fsp3) is 0.538. The van der Waals surface area contributed by atoms with Crippen molar-refractivity contribution in [2.24, 2.45) is 5.92 Å². The average Bonchev–Trinajstić information content (AvgIpc) is 2.53. The van der Waals surface area contributed by atoms with Crippen molar-refractivity contribution in [3.05, 3.63) is 33.4 Å². The predicted molar refractivity (Wildman–Crippen MR) is 72.8 cm³/mol. The molecule has 0 aromatic heterocycles. The normalized spacial score (nSPS) is 27.1. The smallest absolute Gasteiger partial charge is 0.0236 e. The molecule has 15 heavy (non-hydrogen) atoms. The first-order valence-corrected chi connectivity index (χ1v) is 6.73. The number of hydrogen-bond acceptors (Lipinski definition) is 1. The van der Waals surface area contributed by atoms with Crippen LogP contribution in [0.15, 0.2) is 24.3 Å². The molecule has 0 spiro atoms. The summed E-state index contributed by atoms with van der Waals surface area (Å²) in [5.74, 6) is 0.855. The molecule has 1 heterocycles. The summed E-state index contributed by atoms with van der Waals surface area (Å²) in [6.07, 6.45) is 1.35. The van der Waals surface area contributed by atoms with Crippen LogP contribution < -0.4 is 0 Å². The minimum absolute atomic E-state index is 0.740. The van der Waals surface area contributed by atoms with E-state index in [1.54, 1.807) is 0 Å². The van der Waals surface area contributed by atoms with Gasteiger partial charge in [-0.2, -0.15) is 0 Å². The zero-order valence-electron chi connectivity index (χ0n) is 9.41. The van der Waals surface area contributed by atoms with E-state index >= 15 is 0 Å². The lowest BCUT2D eigenvalue weighted by Crippen LogP contribution is -2.28. The van der Waals surface area contributed by atoms with E-state index in [9.17, 15) is 0 Å². The molecule has 2 heteroatoms. The monoisotopic (exact) mass is 315 g/mol. The van der Waals surface area contributed by atoms with Gasteiger partial charge in [-0.3, -0.25) is 4.90 Å². The molecule has 82 valence electrons. The summed E-state index contributed by atoms with van der Waals surface area (Å²) in [7, 11) is 0. The molecule has 2 unspecified atom stereocenters. The number of hydrogen-bond donors (Lipinski definition) is 0. The minimum Gasteiger partial charge on any atom is -0.296 e. The molecule has 0 radical (unpaired) electrons. The molecule has 1 aromatic carbocycles.